The van der Waals surface area contributed by atoms with Gasteiger partial charge in [-0.1, -0.05) is 19.8 Å². The van der Waals surface area contributed by atoms with E-state index in [2.05, 4.69) is 28.2 Å². The van der Waals surface area contributed by atoms with Gasteiger partial charge in [-0.25, -0.2) is 4.79 Å². The van der Waals surface area contributed by atoms with E-state index in [0.29, 0.717) is 27.5 Å². The number of nitrogens with one attached hydrogen (secondary N) is 1. The highest BCUT2D eigenvalue weighted by atomic mass is 79.9. The van der Waals surface area contributed by atoms with Crippen molar-refractivity contribution in [3.05, 3.63) is 27.7 Å². The van der Waals surface area contributed by atoms with Crippen molar-refractivity contribution in [2.45, 2.75) is 45.6 Å². The second kappa shape index (κ2) is 11.6. The summed E-state index contributed by atoms with van der Waals surface area (Å²) in [7, 11) is 1.47. The molecule has 0 saturated heterocycles. The molecule has 162 valence electrons. The first-order valence-electron chi connectivity index (χ1n) is 9.98. The second-order valence-electron chi connectivity index (χ2n) is 7.14. The molecule has 0 bridgehead atoms. The van der Waals surface area contributed by atoms with Crippen molar-refractivity contribution in [2.75, 3.05) is 20.3 Å². The van der Waals surface area contributed by atoms with E-state index in [1.165, 1.54) is 19.6 Å². The summed E-state index contributed by atoms with van der Waals surface area (Å²) in [5.74, 6) is 0.220. The molecule has 1 saturated carbocycles. The van der Waals surface area contributed by atoms with Crippen LogP contribution in [0.1, 0.15) is 45.1 Å². The van der Waals surface area contributed by atoms with Crippen molar-refractivity contribution >= 4 is 33.9 Å². The van der Waals surface area contributed by atoms with Crippen molar-refractivity contribution in [1.29, 1.82) is 5.26 Å². The minimum atomic E-state index is -0.490. The fourth-order valence-electron chi connectivity index (χ4n) is 3.39. The Morgan fingerprint density at radius 2 is 2.07 bits per heavy atom. The van der Waals surface area contributed by atoms with Gasteiger partial charge in [-0.3, -0.25) is 4.79 Å². The van der Waals surface area contributed by atoms with Crippen molar-refractivity contribution in [2.24, 2.45) is 5.92 Å². The number of methoxy groups -OCH3 is 1. The molecule has 0 spiro atoms. The molecule has 1 fully saturated rings. The predicted molar refractivity (Wildman–Crippen MR) is 116 cm³/mol. The lowest BCUT2D eigenvalue weighted by molar-refractivity contribution is -0.145. The summed E-state index contributed by atoms with van der Waals surface area (Å²) in [6.07, 6.45) is 5.77. The van der Waals surface area contributed by atoms with E-state index in [-0.39, 0.29) is 30.7 Å². The first-order chi connectivity index (χ1) is 14.4. The zero-order valence-electron chi connectivity index (χ0n) is 17.5. The highest BCUT2D eigenvalue weighted by Crippen LogP contribution is 2.37. The number of hydrogen-bond donors (Lipinski definition) is 1. The molecule has 0 radical (unpaired) electrons. The van der Waals surface area contributed by atoms with E-state index in [1.807, 2.05) is 6.07 Å². The quantitative estimate of drug-likeness (QED) is 0.344. The number of nitrogens with zero attached hydrogens (tertiary/aromatic N) is 1. The van der Waals surface area contributed by atoms with E-state index < -0.39 is 5.97 Å². The second-order valence-corrected chi connectivity index (χ2v) is 7.99. The van der Waals surface area contributed by atoms with Crippen LogP contribution in [0.15, 0.2) is 22.2 Å². The first kappa shape index (κ1) is 23.7. The van der Waals surface area contributed by atoms with Gasteiger partial charge in [0.2, 0.25) is 0 Å². The number of esters is 1. The smallest absolute Gasteiger partial charge is 0.344 e. The fraction of sp³-hybridized carbons (Fsp3) is 0.500. The van der Waals surface area contributed by atoms with Crippen LogP contribution in [0.2, 0.25) is 0 Å². The van der Waals surface area contributed by atoms with Crippen LogP contribution < -0.4 is 14.8 Å². The maximum Gasteiger partial charge on any atom is 0.344 e. The van der Waals surface area contributed by atoms with Gasteiger partial charge in [0.1, 0.15) is 11.6 Å². The topological polar surface area (TPSA) is 97.7 Å². The van der Waals surface area contributed by atoms with Crippen LogP contribution in [-0.4, -0.2) is 38.2 Å². The molecule has 2 rings (SSSR count). The highest BCUT2D eigenvalue weighted by Gasteiger charge is 2.24. The molecule has 1 amide bonds. The Kier molecular flexibility index (Phi) is 9.18. The van der Waals surface area contributed by atoms with Gasteiger partial charge in [0.25, 0.3) is 5.91 Å². The largest absolute Gasteiger partial charge is 0.493 e. The molecule has 0 aliphatic heterocycles. The maximum absolute atomic E-state index is 12.6. The molecule has 0 aromatic heterocycles. The summed E-state index contributed by atoms with van der Waals surface area (Å²) >= 11 is 3.39. The van der Waals surface area contributed by atoms with Crippen LogP contribution in [-0.2, 0) is 14.3 Å². The van der Waals surface area contributed by atoms with Crippen molar-refractivity contribution in [1.82, 2.24) is 5.32 Å². The molecule has 1 aromatic rings. The van der Waals surface area contributed by atoms with Gasteiger partial charge < -0.3 is 19.5 Å². The SMILES string of the molecule is CCOC(=O)COc1c(Br)cc(/C=C(\C#N)C(=O)NC2CCCCC2C)cc1OC. The molecule has 8 heteroatoms. The van der Waals surface area contributed by atoms with Gasteiger partial charge in [-0.05, 0) is 65.4 Å². The zero-order valence-corrected chi connectivity index (χ0v) is 19.1. The highest BCUT2D eigenvalue weighted by molar-refractivity contribution is 9.10. The number of nitriles is 1. The van der Waals surface area contributed by atoms with Crippen LogP contribution in [0.3, 0.4) is 0 Å². The van der Waals surface area contributed by atoms with Gasteiger partial charge in [-0.15, -0.1) is 0 Å². The number of carbonyl (C=O) groups excluding carboxylic acids is 2. The molecule has 1 aromatic carbocycles. The van der Waals surface area contributed by atoms with Gasteiger partial charge in [0.05, 0.1) is 18.2 Å². The molecular formula is C22H27BrN2O5. The third kappa shape index (κ3) is 6.49. The summed E-state index contributed by atoms with van der Waals surface area (Å²) in [6, 6.07) is 5.40. The Labute approximate surface area is 185 Å². The van der Waals surface area contributed by atoms with Crippen molar-refractivity contribution in [3.8, 4) is 17.6 Å². The molecule has 0 heterocycles. The number of ether oxygens (including phenoxy) is 3. The van der Waals surface area contributed by atoms with E-state index in [0.717, 1.165) is 19.3 Å². The maximum atomic E-state index is 12.6. The lowest BCUT2D eigenvalue weighted by Crippen LogP contribution is -2.41. The Balaban J connectivity index is 2.19. The third-order valence-corrected chi connectivity index (χ3v) is 5.58. The molecule has 1 aliphatic carbocycles. The van der Waals surface area contributed by atoms with Crippen LogP contribution in [0.4, 0.5) is 0 Å². The van der Waals surface area contributed by atoms with Crippen molar-refractivity contribution < 1.29 is 23.8 Å². The molecule has 2 unspecified atom stereocenters. The molecule has 7 nitrogen and oxygen atoms in total. The Hall–Kier alpha value is -2.53. The summed E-state index contributed by atoms with van der Waals surface area (Å²) < 4.78 is 16.2. The average Bonchev–Trinajstić information content (AvgIpc) is 2.72. The zero-order chi connectivity index (χ0) is 22.1. The molecule has 2 atom stereocenters. The van der Waals surface area contributed by atoms with E-state index in [4.69, 9.17) is 14.2 Å². The summed E-state index contributed by atoms with van der Waals surface area (Å²) in [5, 5.41) is 12.5. The van der Waals surface area contributed by atoms with Gasteiger partial charge in [0.15, 0.2) is 18.1 Å². The predicted octanol–water partition coefficient (Wildman–Crippen LogP) is 4.00. The van der Waals surface area contributed by atoms with Crippen LogP contribution >= 0.6 is 15.9 Å². The lowest BCUT2D eigenvalue weighted by Gasteiger charge is -2.29. The standard InChI is InChI=1S/C22H27BrN2O5/c1-4-29-20(26)13-30-21-17(23)10-15(11-19(21)28-3)9-16(12-24)22(27)25-18-8-6-5-7-14(18)2/h9-11,14,18H,4-8,13H2,1-3H3,(H,25,27)/b16-9+. The number of halogens is 1. The lowest BCUT2D eigenvalue weighted by atomic mass is 9.86. The Morgan fingerprint density at radius 1 is 1.33 bits per heavy atom. The van der Waals surface area contributed by atoms with Gasteiger partial charge >= 0.3 is 5.97 Å². The van der Waals surface area contributed by atoms with Gasteiger partial charge in [0, 0.05) is 6.04 Å². The minimum Gasteiger partial charge on any atom is -0.493 e. The normalized spacial score (nSPS) is 18.8. The van der Waals surface area contributed by atoms with E-state index in [9.17, 15) is 14.9 Å². The Morgan fingerprint density at radius 3 is 2.70 bits per heavy atom. The number of rotatable bonds is 8. The van der Waals surface area contributed by atoms with Crippen LogP contribution in [0, 0.1) is 17.2 Å². The third-order valence-electron chi connectivity index (χ3n) is 5.00. The number of hydrogen-bond acceptors (Lipinski definition) is 6. The molecular weight excluding hydrogens is 452 g/mol. The number of carbonyl (C=O) groups is 2. The molecule has 1 aliphatic rings. The fourth-order valence-corrected chi connectivity index (χ4v) is 3.96. The van der Waals surface area contributed by atoms with Crippen molar-refractivity contribution in [3.63, 3.8) is 0 Å². The van der Waals surface area contributed by atoms with Crippen LogP contribution in [0.5, 0.6) is 11.5 Å². The summed E-state index contributed by atoms with van der Waals surface area (Å²) in [4.78, 5) is 24.2. The summed E-state index contributed by atoms with van der Waals surface area (Å²) in [6.45, 7) is 3.84. The number of benzene rings is 1. The average molecular weight is 479 g/mol. The minimum absolute atomic E-state index is 0.0157. The monoisotopic (exact) mass is 478 g/mol. The van der Waals surface area contributed by atoms with E-state index in [1.54, 1.807) is 19.1 Å². The molecule has 30 heavy (non-hydrogen) atoms. The van der Waals surface area contributed by atoms with Gasteiger partial charge in [-0.2, -0.15) is 5.26 Å². The Bertz CT molecular complexity index is 847. The summed E-state index contributed by atoms with van der Waals surface area (Å²) in [5.41, 5.74) is 0.604. The van der Waals surface area contributed by atoms with E-state index >= 15 is 0 Å². The van der Waals surface area contributed by atoms with Crippen LogP contribution in [0.25, 0.3) is 6.08 Å². The molecule has 1 N–H and O–H groups in total. The number of amides is 1. The first-order valence-corrected chi connectivity index (χ1v) is 10.8.